The molecule has 0 atom stereocenters. The quantitative estimate of drug-likeness (QED) is 0.578. The first kappa shape index (κ1) is 17.7. The fourth-order valence-electron chi connectivity index (χ4n) is 3.59. The van der Waals surface area contributed by atoms with Crippen LogP contribution in [0.5, 0.6) is 5.75 Å². The summed E-state index contributed by atoms with van der Waals surface area (Å²) in [7, 11) is 0. The number of morpholine rings is 1. The van der Waals surface area contributed by atoms with Crippen LogP contribution in [0.4, 0.5) is 11.5 Å². The van der Waals surface area contributed by atoms with Crippen LogP contribution in [0.25, 0.3) is 16.8 Å². The minimum atomic E-state index is 0.237. The molecule has 1 saturated heterocycles. The molecule has 1 fully saturated rings. The lowest BCUT2D eigenvalue weighted by molar-refractivity contribution is 0.0375. The Kier molecular flexibility index (Phi) is 4.59. The van der Waals surface area contributed by atoms with Gasteiger partial charge >= 0.3 is 0 Å². The molecule has 0 spiro atoms. The van der Waals surface area contributed by atoms with E-state index in [1.165, 1.54) is 0 Å². The van der Waals surface area contributed by atoms with Crippen LogP contribution >= 0.6 is 0 Å². The minimum absolute atomic E-state index is 0.237. The second-order valence-corrected chi connectivity index (χ2v) is 6.87. The monoisotopic (exact) mass is 387 g/mol. The SMILES string of the molecule is Oc1ccc(-c2cnn3ccc(N(c4ccccc4)N4CCOCC4)nc23)cc1. The Labute approximate surface area is 168 Å². The Hall–Kier alpha value is -3.42. The number of ether oxygens (including phenoxy) is 1. The number of hydrazine groups is 1. The Balaban J connectivity index is 1.61. The van der Waals surface area contributed by atoms with Gasteiger partial charge in [-0.25, -0.2) is 14.5 Å². The van der Waals surface area contributed by atoms with Gasteiger partial charge in [-0.15, -0.1) is 0 Å². The number of fused-ring (bicyclic) bond motifs is 1. The smallest absolute Gasteiger partial charge is 0.165 e. The molecule has 0 aliphatic carbocycles. The lowest BCUT2D eigenvalue weighted by Crippen LogP contribution is -2.47. The number of phenolic OH excluding ortho intramolecular Hbond substituents is 1. The zero-order chi connectivity index (χ0) is 19.6. The van der Waals surface area contributed by atoms with Gasteiger partial charge in [-0.2, -0.15) is 5.10 Å². The molecule has 5 rings (SSSR count). The fourth-order valence-corrected chi connectivity index (χ4v) is 3.59. The Morgan fingerprint density at radius 2 is 1.69 bits per heavy atom. The minimum Gasteiger partial charge on any atom is -0.508 e. The van der Waals surface area contributed by atoms with Crippen molar-refractivity contribution >= 4 is 17.2 Å². The van der Waals surface area contributed by atoms with E-state index >= 15 is 0 Å². The van der Waals surface area contributed by atoms with E-state index in [0.29, 0.717) is 13.2 Å². The van der Waals surface area contributed by atoms with E-state index in [1.54, 1.807) is 22.8 Å². The molecular weight excluding hydrogens is 366 g/mol. The topological polar surface area (TPSA) is 66.1 Å². The van der Waals surface area contributed by atoms with Crippen LogP contribution in [0.3, 0.4) is 0 Å². The van der Waals surface area contributed by atoms with Gasteiger partial charge in [-0.05, 0) is 29.8 Å². The van der Waals surface area contributed by atoms with Crippen LogP contribution in [-0.4, -0.2) is 51.0 Å². The zero-order valence-electron chi connectivity index (χ0n) is 15.8. The molecule has 0 unspecified atom stereocenters. The fraction of sp³-hybridized carbons (Fsp3) is 0.182. The summed E-state index contributed by atoms with van der Waals surface area (Å²) in [5, 5.41) is 18.4. The molecule has 4 aromatic rings. The van der Waals surface area contributed by atoms with Gasteiger partial charge in [0.05, 0.1) is 25.1 Å². The largest absolute Gasteiger partial charge is 0.508 e. The maximum Gasteiger partial charge on any atom is 0.165 e. The second kappa shape index (κ2) is 7.54. The van der Waals surface area contributed by atoms with Crippen molar-refractivity contribution in [3.05, 3.63) is 73.1 Å². The highest BCUT2D eigenvalue weighted by molar-refractivity contribution is 5.78. The summed E-state index contributed by atoms with van der Waals surface area (Å²) in [6.07, 6.45) is 3.73. The van der Waals surface area contributed by atoms with Gasteiger partial charge in [0.25, 0.3) is 0 Å². The number of aromatic nitrogens is 3. The molecule has 29 heavy (non-hydrogen) atoms. The highest BCUT2D eigenvalue weighted by atomic mass is 16.5. The summed E-state index contributed by atoms with van der Waals surface area (Å²) in [5.41, 5.74) is 3.70. The molecule has 1 aliphatic heterocycles. The summed E-state index contributed by atoms with van der Waals surface area (Å²) in [4.78, 5) is 4.97. The predicted molar refractivity (Wildman–Crippen MR) is 111 cm³/mol. The summed E-state index contributed by atoms with van der Waals surface area (Å²) in [5.74, 6) is 1.06. The molecular formula is C22H21N5O2. The van der Waals surface area contributed by atoms with Gasteiger partial charge in [0.1, 0.15) is 5.75 Å². The van der Waals surface area contributed by atoms with E-state index in [-0.39, 0.29) is 5.75 Å². The van der Waals surface area contributed by atoms with Gasteiger partial charge in [0.15, 0.2) is 11.5 Å². The first-order valence-electron chi connectivity index (χ1n) is 9.61. The first-order chi connectivity index (χ1) is 14.3. The number of para-hydroxylation sites is 1. The van der Waals surface area contributed by atoms with Crippen LogP contribution in [0.15, 0.2) is 73.1 Å². The number of phenols is 1. The van der Waals surface area contributed by atoms with E-state index in [2.05, 4.69) is 27.2 Å². The van der Waals surface area contributed by atoms with Crippen molar-refractivity contribution in [3.63, 3.8) is 0 Å². The maximum atomic E-state index is 9.60. The first-order valence-corrected chi connectivity index (χ1v) is 9.61. The van der Waals surface area contributed by atoms with Crippen molar-refractivity contribution in [2.45, 2.75) is 0 Å². The average molecular weight is 387 g/mol. The van der Waals surface area contributed by atoms with E-state index in [4.69, 9.17) is 9.72 Å². The molecule has 1 N–H and O–H groups in total. The Morgan fingerprint density at radius 3 is 2.45 bits per heavy atom. The Bertz CT molecular complexity index is 1110. The molecule has 7 heteroatoms. The molecule has 146 valence electrons. The lowest BCUT2D eigenvalue weighted by Gasteiger charge is -2.38. The highest BCUT2D eigenvalue weighted by Gasteiger charge is 2.22. The van der Waals surface area contributed by atoms with Crippen molar-refractivity contribution in [3.8, 4) is 16.9 Å². The number of aromatic hydroxyl groups is 1. The predicted octanol–water partition coefficient (Wildman–Crippen LogP) is 3.49. The van der Waals surface area contributed by atoms with Gasteiger partial charge < -0.3 is 9.84 Å². The molecule has 3 heterocycles. The summed E-state index contributed by atoms with van der Waals surface area (Å²) >= 11 is 0. The molecule has 0 saturated carbocycles. The molecule has 1 aliphatic rings. The molecule has 0 radical (unpaired) electrons. The zero-order valence-corrected chi connectivity index (χ0v) is 15.8. The van der Waals surface area contributed by atoms with Gasteiger partial charge in [-0.1, -0.05) is 30.3 Å². The third-order valence-electron chi connectivity index (χ3n) is 5.02. The van der Waals surface area contributed by atoms with Gasteiger partial charge in [0, 0.05) is 30.9 Å². The van der Waals surface area contributed by atoms with Crippen LogP contribution in [0.2, 0.25) is 0 Å². The third kappa shape index (κ3) is 3.41. The lowest BCUT2D eigenvalue weighted by atomic mass is 10.1. The maximum absolute atomic E-state index is 9.60. The number of rotatable bonds is 4. The van der Waals surface area contributed by atoms with Crippen molar-refractivity contribution in [1.82, 2.24) is 19.6 Å². The summed E-state index contributed by atoms with van der Waals surface area (Å²) < 4.78 is 7.31. The van der Waals surface area contributed by atoms with E-state index < -0.39 is 0 Å². The van der Waals surface area contributed by atoms with Crippen LogP contribution < -0.4 is 5.01 Å². The number of hydrogen-bond acceptors (Lipinski definition) is 6. The summed E-state index contributed by atoms with van der Waals surface area (Å²) in [6, 6.07) is 19.3. The normalized spacial score (nSPS) is 14.9. The van der Waals surface area contributed by atoms with Crippen molar-refractivity contribution in [2.24, 2.45) is 0 Å². The number of nitrogens with zero attached hydrogens (tertiary/aromatic N) is 5. The average Bonchev–Trinajstić information content (AvgIpc) is 3.19. The molecule has 7 nitrogen and oxygen atoms in total. The molecule has 2 aromatic carbocycles. The van der Waals surface area contributed by atoms with Crippen LogP contribution in [0, 0.1) is 0 Å². The molecule has 0 amide bonds. The number of hydrogen-bond donors (Lipinski definition) is 1. The number of benzene rings is 2. The highest BCUT2D eigenvalue weighted by Crippen LogP contribution is 2.30. The van der Waals surface area contributed by atoms with Crippen molar-refractivity contribution in [1.29, 1.82) is 0 Å². The second-order valence-electron chi connectivity index (χ2n) is 6.87. The molecule has 2 aromatic heterocycles. The molecule has 0 bridgehead atoms. The van der Waals surface area contributed by atoms with E-state index in [1.807, 2.05) is 42.6 Å². The van der Waals surface area contributed by atoms with Crippen LogP contribution in [-0.2, 0) is 4.74 Å². The van der Waals surface area contributed by atoms with Gasteiger partial charge in [0.2, 0.25) is 0 Å². The van der Waals surface area contributed by atoms with E-state index in [0.717, 1.165) is 41.4 Å². The summed E-state index contributed by atoms with van der Waals surface area (Å²) in [6.45, 7) is 2.98. The van der Waals surface area contributed by atoms with Crippen molar-refractivity contribution < 1.29 is 9.84 Å². The Morgan fingerprint density at radius 1 is 0.931 bits per heavy atom. The van der Waals surface area contributed by atoms with E-state index in [9.17, 15) is 5.11 Å². The van der Waals surface area contributed by atoms with Crippen molar-refractivity contribution in [2.75, 3.05) is 31.3 Å². The third-order valence-corrected chi connectivity index (χ3v) is 5.02. The van der Waals surface area contributed by atoms with Crippen LogP contribution in [0.1, 0.15) is 0 Å². The number of anilines is 2. The van der Waals surface area contributed by atoms with Gasteiger partial charge in [-0.3, -0.25) is 5.01 Å². The standard InChI is InChI=1S/C22H21N5O2/c28-19-8-6-17(7-9-19)20-16-23-26-11-10-21(24-22(20)26)27(18-4-2-1-3-5-18)25-12-14-29-15-13-25/h1-11,16,28H,12-15H2.